The lowest BCUT2D eigenvalue weighted by Crippen LogP contribution is -2.32. The summed E-state index contributed by atoms with van der Waals surface area (Å²) >= 11 is 7.33. The second kappa shape index (κ2) is 11.0. The first-order chi connectivity index (χ1) is 16.9. The molecule has 1 aliphatic heterocycles. The highest BCUT2D eigenvalue weighted by molar-refractivity contribution is 8.03. The molecule has 2 aromatic rings. The quantitative estimate of drug-likeness (QED) is 0.488. The molecule has 1 atom stereocenters. The number of nitriles is 1. The summed E-state index contributed by atoms with van der Waals surface area (Å²) in [4.78, 5) is 25.8. The van der Waals surface area contributed by atoms with E-state index in [0.29, 0.717) is 52.1 Å². The molecule has 35 heavy (non-hydrogen) atoms. The molecule has 0 bridgehead atoms. The van der Waals surface area contributed by atoms with E-state index < -0.39 is 5.92 Å². The third-order valence-electron chi connectivity index (χ3n) is 6.01. The Bertz CT molecular complexity index is 1280. The van der Waals surface area contributed by atoms with Crippen molar-refractivity contribution in [3.8, 4) is 11.8 Å². The standard InChI is InChI=1S/C27H26ClN3O3S/c1-3-34-23-10-5-4-7-18(23)25-19(14-29)27(31-20-8-6-9-22(32)26(20)25)35-15-24(33)30-21-13-17(28)12-11-16(21)2/h4-5,7,10-13,25,31H,3,6,8-9,15H2,1-2H3,(H,30,33). The van der Waals surface area contributed by atoms with Crippen LogP contribution in [0.4, 0.5) is 5.69 Å². The van der Waals surface area contributed by atoms with Gasteiger partial charge >= 0.3 is 0 Å². The number of rotatable bonds is 7. The number of allylic oxidation sites excluding steroid dienone is 3. The summed E-state index contributed by atoms with van der Waals surface area (Å²) in [5, 5.41) is 17.5. The van der Waals surface area contributed by atoms with E-state index in [2.05, 4.69) is 16.7 Å². The minimum absolute atomic E-state index is 0.0426. The van der Waals surface area contributed by atoms with Gasteiger partial charge in [-0.25, -0.2) is 0 Å². The summed E-state index contributed by atoms with van der Waals surface area (Å²) in [7, 11) is 0. The number of nitrogens with one attached hydrogen (secondary N) is 2. The van der Waals surface area contributed by atoms with Crippen LogP contribution < -0.4 is 15.4 Å². The summed E-state index contributed by atoms with van der Waals surface area (Å²) < 4.78 is 5.85. The summed E-state index contributed by atoms with van der Waals surface area (Å²) in [6.45, 7) is 4.27. The molecule has 0 aromatic heterocycles. The van der Waals surface area contributed by atoms with Crippen LogP contribution in [0.5, 0.6) is 5.75 Å². The van der Waals surface area contributed by atoms with Crippen LogP contribution in [0.15, 0.2) is 64.3 Å². The molecule has 1 heterocycles. The molecule has 180 valence electrons. The fourth-order valence-corrected chi connectivity index (χ4v) is 5.44. The van der Waals surface area contributed by atoms with E-state index in [-0.39, 0.29) is 17.4 Å². The molecule has 0 radical (unpaired) electrons. The van der Waals surface area contributed by atoms with Crippen molar-refractivity contribution in [3.05, 3.63) is 80.5 Å². The van der Waals surface area contributed by atoms with Gasteiger partial charge in [0.1, 0.15) is 5.75 Å². The van der Waals surface area contributed by atoms with E-state index in [1.54, 1.807) is 12.1 Å². The molecular formula is C27H26ClN3O3S. The van der Waals surface area contributed by atoms with Gasteiger partial charge in [0.15, 0.2) is 5.78 Å². The predicted molar refractivity (Wildman–Crippen MR) is 139 cm³/mol. The number of Topliss-reactive ketones (excluding diaryl/α,β-unsaturated/α-hetero) is 1. The zero-order chi connectivity index (χ0) is 24.9. The van der Waals surface area contributed by atoms with Crippen LogP contribution in [0.3, 0.4) is 0 Å². The fraction of sp³-hybridized carbons (Fsp3) is 0.296. The van der Waals surface area contributed by atoms with Crippen molar-refractivity contribution < 1.29 is 14.3 Å². The van der Waals surface area contributed by atoms with E-state index in [1.165, 1.54) is 11.8 Å². The van der Waals surface area contributed by atoms with E-state index >= 15 is 0 Å². The summed E-state index contributed by atoms with van der Waals surface area (Å²) in [6, 6.07) is 15.2. The van der Waals surface area contributed by atoms with Crippen LogP contribution >= 0.6 is 23.4 Å². The Balaban J connectivity index is 1.66. The summed E-state index contributed by atoms with van der Waals surface area (Å²) in [5.74, 6) is 0.0419. The van der Waals surface area contributed by atoms with Crippen LogP contribution in [0.25, 0.3) is 0 Å². The van der Waals surface area contributed by atoms with Gasteiger partial charge in [0.05, 0.1) is 34.9 Å². The van der Waals surface area contributed by atoms with E-state index in [1.807, 2.05) is 44.2 Å². The molecule has 2 aromatic carbocycles. The minimum atomic E-state index is -0.535. The van der Waals surface area contributed by atoms with Gasteiger partial charge in [-0.15, -0.1) is 0 Å². The van der Waals surface area contributed by atoms with Gasteiger partial charge < -0.3 is 15.4 Å². The number of para-hydroxylation sites is 1. The summed E-state index contributed by atoms with van der Waals surface area (Å²) in [6.07, 6.45) is 1.92. The maximum Gasteiger partial charge on any atom is 0.234 e. The number of benzene rings is 2. The first-order valence-corrected chi connectivity index (χ1v) is 12.9. The van der Waals surface area contributed by atoms with Gasteiger partial charge in [0.2, 0.25) is 5.91 Å². The normalized spacial score (nSPS) is 17.4. The number of carbonyl (C=O) groups excluding carboxylic acids is 2. The molecule has 2 aliphatic rings. The zero-order valence-electron chi connectivity index (χ0n) is 19.6. The maximum atomic E-state index is 13.0. The number of amides is 1. The number of dihydropyridines is 1. The van der Waals surface area contributed by atoms with Crippen molar-refractivity contribution in [1.82, 2.24) is 5.32 Å². The molecule has 2 N–H and O–H groups in total. The second-order valence-corrected chi connectivity index (χ2v) is 9.77. The predicted octanol–water partition coefficient (Wildman–Crippen LogP) is 5.85. The van der Waals surface area contributed by atoms with Gasteiger partial charge in [-0.1, -0.05) is 47.6 Å². The monoisotopic (exact) mass is 507 g/mol. The topological polar surface area (TPSA) is 91.2 Å². The van der Waals surface area contributed by atoms with Crippen LogP contribution in [0, 0.1) is 18.3 Å². The average Bonchev–Trinajstić information content (AvgIpc) is 2.85. The third-order valence-corrected chi connectivity index (χ3v) is 7.27. The first kappa shape index (κ1) is 24.9. The number of aryl methyl sites for hydroxylation is 1. The SMILES string of the molecule is CCOc1ccccc1C1C(C#N)=C(SCC(=O)Nc2cc(Cl)ccc2C)NC2=C1C(=O)CCC2. The molecular weight excluding hydrogens is 482 g/mol. The molecule has 0 saturated carbocycles. The Labute approximate surface area is 214 Å². The molecule has 1 amide bonds. The lowest BCUT2D eigenvalue weighted by atomic mass is 9.76. The number of thioether (sulfide) groups is 1. The van der Waals surface area contributed by atoms with E-state index in [4.69, 9.17) is 16.3 Å². The largest absolute Gasteiger partial charge is 0.494 e. The number of halogens is 1. The van der Waals surface area contributed by atoms with Crippen molar-refractivity contribution in [2.75, 3.05) is 17.7 Å². The Morgan fingerprint density at radius 1 is 1.29 bits per heavy atom. The zero-order valence-corrected chi connectivity index (χ0v) is 21.2. The number of ketones is 1. The van der Waals surface area contributed by atoms with E-state index in [0.717, 1.165) is 23.2 Å². The minimum Gasteiger partial charge on any atom is -0.494 e. The number of hydrogen-bond acceptors (Lipinski definition) is 6. The third kappa shape index (κ3) is 5.39. The smallest absolute Gasteiger partial charge is 0.234 e. The van der Waals surface area contributed by atoms with Crippen molar-refractivity contribution in [1.29, 1.82) is 5.26 Å². The lowest BCUT2D eigenvalue weighted by Gasteiger charge is -2.33. The van der Waals surface area contributed by atoms with Crippen LogP contribution in [0.2, 0.25) is 5.02 Å². The van der Waals surface area contributed by atoms with Crippen LogP contribution in [-0.2, 0) is 9.59 Å². The molecule has 0 saturated heterocycles. The van der Waals surface area contributed by atoms with Crippen LogP contribution in [0.1, 0.15) is 43.2 Å². The van der Waals surface area contributed by atoms with Crippen molar-refractivity contribution in [3.63, 3.8) is 0 Å². The number of anilines is 1. The molecule has 8 heteroatoms. The highest BCUT2D eigenvalue weighted by Crippen LogP contribution is 2.46. The van der Waals surface area contributed by atoms with Crippen molar-refractivity contribution >= 4 is 40.7 Å². The van der Waals surface area contributed by atoms with Gasteiger partial charge in [0.25, 0.3) is 0 Å². The first-order valence-electron chi connectivity index (χ1n) is 11.5. The number of nitrogens with zero attached hydrogens (tertiary/aromatic N) is 1. The van der Waals surface area contributed by atoms with Crippen molar-refractivity contribution in [2.45, 2.75) is 39.0 Å². The highest BCUT2D eigenvalue weighted by Gasteiger charge is 2.38. The average molecular weight is 508 g/mol. The highest BCUT2D eigenvalue weighted by atomic mass is 35.5. The van der Waals surface area contributed by atoms with Crippen LogP contribution in [-0.4, -0.2) is 24.1 Å². The molecule has 0 fully saturated rings. The molecule has 1 unspecified atom stereocenters. The number of hydrogen-bond donors (Lipinski definition) is 2. The molecule has 0 spiro atoms. The Hall–Kier alpha value is -3.21. The van der Waals surface area contributed by atoms with Gasteiger partial charge in [-0.05, 0) is 50.5 Å². The second-order valence-electron chi connectivity index (χ2n) is 8.35. The molecule has 4 rings (SSSR count). The molecule has 6 nitrogen and oxygen atoms in total. The van der Waals surface area contributed by atoms with Crippen molar-refractivity contribution in [2.24, 2.45) is 0 Å². The van der Waals surface area contributed by atoms with E-state index in [9.17, 15) is 14.9 Å². The van der Waals surface area contributed by atoms with Gasteiger partial charge in [-0.2, -0.15) is 5.26 Å². The lowest BCUT2D eigenvalue weighted by molar-refractivity contribution is -0.116. The Morgan fingerprint density at radius 2 is 2.09 bits per heavy atom. The number of ether oxygens (including phenoxy) is 1. The number of carbonyl (C=O) groups is 2. The Kier molecular flexibility index (Phi) is 7.84. The Morgan fingerprint density at radius 3 is 2.86 bits per heavy atom. The van der Waals surface area contributed by atoms with Gasteiger partial charge in [-0.3, -0.25) is 9.59 Å². The van der Waals surface area contributed by atoms with Gasteiger partial charge in [0, 0.05) is 34.0 Å². The molecule has 1 aliphatic carbocycles. The maximum absolute atomic E-state index is 13.0. The summed E-state index contributed by atoms with van der Waals surface area (Å²) in [5.41, 5.74) is 4.22. The fourth-order valence-electron chi connectivity index (χ4n) is 4.41.